The summed E-state index contributed by atoms with van der Waals surface area (Å²) in [5.41, 5.74) is 1.22. The molecule has 1 aromatic heterocycles. The van der Waals surface area contributed by atoms with Crippen molar-refractivity contribution in [2.45, 2.75) is 20.0 Å². The van der Waals surface area contributed by atoms with Crippen molar-refractivity contribution < 1.29 is 0 Å². The molecule has 0 aliphatic rings. The highest BCUT2D eigenvalue weighted by atomic mass is 127. The van der Waals surface area contributed by atoms with E-state index in [2.05, 4.69) is 41.5 Å². The molecular formula is C16H22IN3S. The molecule has 0 radical (unpaired) electrons. The number of thiophene rings is 1. The van der Waals surface area contributed by atoms with Gasteiger partial charge in [-0.1, -0.05) is 30.3 Å². The number of aliphatic imine (C=N–C) groups is 1. The van der Waals surface area contributed by atoms with Gasteiger partial charge in [0, 0.05) is 23.8 Å². The third-order valence-corrected chi connectivity index (χ3v) is 3.90. The lowest BCUT2D eigenvalue weighted by Crippen LogP contribution is -2.35. The summed E-state index contributed by atoms with van der Waals surface area (Å²) in [4.78, 5) is 9.34. The number of halogens is 1. The molecule has 2 rings (SSSR count). The van der Waals surface area contributed by atoms with Gasteiger partial charge in [-0.2, -0.15) is 0 Å². The number of benzene rings is 1. The average molecular weight is 415 g/mol. The quantitative estimate of drug-likeness (QED) is 0.466. The number of aryl methyl sites for hydroxylation is 1. The SMILES string of the molecule is Cc1ccc(CNC(=NCc2ccccc2)N(C)C)s1.I. The van der Waals surface area contributed by atoms with Crippen molar-refractivity contribution in [3.05, 3.63) is 57.8 Å². The van der Waals surface area contributed by atoms with Gasteiger partial charge in [0.1, 0.15) is 0 Å². The van der Waals surface area contributed by atoms with Crippen LogP contribution in [0.1, 0.15) is 15.3 Å². The summed E-state index contributed by atoms with van der Waals surface area (Å²) in [5, 5.41) is 3.41. The van der Waals surface area contributed by atoms with Crippen LogP contribution in [0, 0.1) is 6.92 Å². The third kappa shape index (κ3) is 6.05. The van der Waals surface area contributed by atoms with E-state index < -0.39 is 0 Å². The molecule has 0 spiro atoms. The number of hydrogen-bond acceptors (Lipinski definition) is 2. The molecule has 1 aromatic carbocycles. The van der Waals surface area contributed by atoms with Crippen LogP contribution in [-0.2, 0) is 13.1 Å². The second-order valence-corrected chi connectivity index (χ2v) is 6.26. The zero-order chi connectivity index (χ0) is 14.4. The smallest absolute Gasteiger partial charge is 0.194 e. The van der Waals surface area contributed by atoms with Crippen LogP contribution in [0.4, 0.5) is 0 Å². The Balaban J connectivity index is 0.00000220. The summed E-state index contributed by atoms with van der Waals surface area (Å²) >= 11 is 1.82. The summed E-state index contributed by atoms with van der Waals surface area (Å²) in [6.45, 7) is 3.65. The van der Waals surface area contributed by atoms with Crippen LogP contribution in [0.15, 0.2) is 47.5 Å². The molecule has 1 N–H and O–H groups in total. The summed E-state index contributed by atoms with van der Waals surface area (Å²) in [6.07, 6.45) is 0. The van der Waals surface area contributed by atoms with Crippen molar-refractivity contribution in [2.24, 2.45) is 4.99 Å². The Bertz CT molecular complexity index is 564. The van der Waals surface area contributed by atoms with Crippen LogP contribution in [0.2, 0.25) is 0 Å². The molecule has 0 unspecified atom stereocenters. The van der Waals surface area contributed by atoms with E-state index in [0.717, 1.165) is 12.5 Å². The molecule has 0 fully saturated rings. The number of guanidine groups is 1. The zero-order valence-electron chi connectivity index (χ0n) is 12.7. The van der Waals surface area contributed by atoms with E-state index in [1.165, 1.54) is 15.3 Å². The van der Waals surface area contributed by atoms with E-state index in [4.69, 9.17) is 0 Å². The first-order valence-corrected chi connectivity index (χ1v) is 7.51. The highest BCUT2D eigenvalue weighted by Gasteiger charge is 2.03. The number of nitrogens with zero attached hydrogens (tertiary/aromatic N) is 2. The predicted molar refractivity (Wildman–Crippen MR) is 103 cm³/mol. The molecule has 1 heterocycles. The van der Waals surface area contributed by atoms with Crippen LogP contribution >= 0.6 is 35.3 Å². The molecule has 0 atom stereocenters. The van der Waals surface area contributed by atoms with E-state index in [9.17, 15) is 0 Å². The van der Waals surface area contributed by atoms with E-state index >= 15 is 0 Å². The molecule has 5 heteroatoms. The van der Waals surface area contributed by atoms with Gasteiger partial charge in [-0.05, 0) is 24.6 Å². The summed E-state index contributed by atoms with van der Waals surface area (Å²) in [7, 11) is 4.02. The maximum atomic E-state index is 4.65. The molecule has 0 bridgehead atoms. The molecule has 2 aromatic rings. The largest absolute Gasteiger partial charge is 0.351 e. The molecule has 21 heavy (non-hydrogen) atoms. The van der Waals surface area contributed by atoms with Crippen molar-refractivity contribution in [2.75, 3.05) is 14.1 Å². The first-order chi connectivity index (χ1) is 9.65. The van der Waals surface area contributed by atoms with Crippen molar-refractivity contribution in [1.82, 2.24) is 10.2 Å². The lowest BCUT2D eigenvalue weighted by atomic mass is 10.2. The van der Waals surface area contributed by atoms with Crippen LogP contribution < -0.4 is 5.32 Å². The van der Waals surface area contributed by atoms with E-state index in [-0.39, 0.29) is 24.0 Å². The fraction of sp³-hybridized carbons (Fsp3) is 0.312. The second-order valence-electron chi connectivity index (χ2n) is 4.89. The highest BCUT2D eigenvalue weighted by molar-refractivity contribution is 14.0. The fourth-order valence-electron chi connectivity index (χ4n) is 1.85. The van der Waals surface area contributed by atoms with Gasteiger partial charge in [0.15, 0.2) is 5.96 Å². The topological polar surface area (TPSA) is 27.6 Å². The maximum Gasteiger partial charge on any atom is 0.194 e. The van der Waals surface area contributed by atoms with E-state index in [1.807, 2.05) is 48.5 Å². The molecule has 0 aliphatic heterocycles. The van der Waals surface area contributed by atoms with Crippen LogP contribution in [0.3, 0.4) is 0 Å². The molecular weight excluding hydrogens is 393 g/mol. The molecule has 0 saturated carbocycles. The lowest BCUT2D eigenvalue weighted by Gasteiger charge is -2.17. The Hall–Kier alpha value is -1.08. The van der Waals surface area contributed by atoms with Gasteiger partial charge in [-0.3, -0.25) is 0 Å². The highest BCUT2D eigenvalue weighted by Crippen LogP contribution is 2.14. The molecule has 0 aliphatic carbocycles. The molecule has 0 amide bonds. The molecule has 0 saturated heterocycles. The first-order valence-electron chi connectivity index (χ1n) is 6.70. The lowest BCUT2D eigenvalue weighted by molar-refractivity contribution is 0.579. The van der Waals surface area contributed by atoms with Gasteiger partial charge in [0.2, 0.25) is 0 Å². The Morgan fingerprint density at radius 3 is 2.43 bits per heavy atom. The Morgan fingerprint density at radius 1 is 1.14 bits per heavy atom. The van der Waals surface area contributed by atoms with Gasteiger partial charge >= 0.3 is 0 Å². The van der Waals surface area contributed by atoms with E-state index in [1.54, 1.807) is 0 Å². The van der Waals surface area contributed by atoms with Crippen LogP contribution in [0.25, 0.3) is 0 Å². The number of nitrogens with one attached hydrogen (secondary N) is 1. The Kier molecular flexibility index (Phi) is 7.74. The summed E-state index contributed by atoms with van der Waals surface area (Å²) in [5.74, 6) is 0.917. The van der Waals surface area contributed by atoms with Gasteiger partial charge in [0.05, 0.1) is 13.1 Å². The van der Waals surface area contributed by atoms with Gasteiger partial charge in [0.25, 0.3) is 0 Å². The van der Waals surface area contributed by atoms with Gasteiger partial charge < -0.3 is 10.2 Å². The van der Waals surface area contributed by atoms with Gasteiger partial charge in [-0.25, -0.2) is 4.99 Å². The number of hydrogen-bond donors (Lipinski definition) is 1. The number of rotatable bonds is 4. The Morgan fingerprint density at radius 2 is 1.86 bits per heavy atom. The monoisotopic (exact) mass is 415 g/mol. The van der Waals surface area contributed by atoms with Crippen molar-refractivity contribution in [1.29, 1.82) is 0 Å². The normalized spacial score (nSPS) is 10.9. The maximum absolute atomic E-state index is 4.65. The summed E-state index contributed by atoms with van der Waals surface area (Å²) in [6, 6.07) is 14.6. The van der Waals surface area contributed by atoms with Gasteiger partial charge in [-0.15, -0.1) is 35.3 Å². The third-order valence-electron chi connectivity index (χ3n) is 2.89. The second kappa shape index (κ2) is 9.04. The summed E-state index contributed by atoms with van der Waals surface area (Å²) < 4.78 is 0. The minimum absolute atomic E-state index is 0. The standard InChI is InChI=1S/C16H21N3S.HI/c1-13-9-10-15(20-13)12-18-16(19(2)3)17-11-14-7-5-4-6-8-14;/h4-10H,11-12H2,1-3H3,(H,17,18);1H. The zero-order valence-corrected chi connectivity index (χ0v) is 15.8. The minimum Gasteiger partial charge on any atom is -0.351 e. The predicted octanol–water partition coefficient (Wildman–Crippen LogP) is 3.88. The van der Waals surface area contributed by atoms with Crippen molar-refractivity contribution in [3.63, 3.8) is 0 Å². The van der Waals surface area contributed by atoms with E-state index in [0.29, 0.717) is 6.54 Å². The Labute approximate surface area is 148 Å². The average Bonchev–Trinajstić information content (AvgIpc) is 2.85. The fourth-order valence-corrected chi connectivity index (χ4v) is 2.68. The first kappa shape index (κ1) is 18.0. The molecule has 3 nitrogen and oxygen atoms in total. The van der Waals surface area contributed by atoms with Crippen LogP contribution in [-0.4, -0.2) is 25.0 Å². The molecule has 114 valence electrons. The minimum atomic E-state index is 0. The van der Waals surface area contributed by atoms with Crippen molar-refractivity contribution >= 4 is 41.3 Å². The van der Waals surface area contributed by atoms with Crippen LogP contribution in [0.5, 0.6) is 0 Å². The van der Waals surface area contributed by atoms with Crippen molar-refractivity contribution in [3.8, 4) is 0 Å².